The maximum Gasteiger partial charge on any atom is 0.227 e. The van der Waals surface area contributed by atoms with Crippen LogP contribution in [0.25, 0.3) is 0 Å². The van der Waals surface area contributed by atoms with Crippen LogP contribution in [0.15, 0.2) is 0 Å². The number of nitrogens with two attached hydrogens (primary N) is 1. The van der Waals surface area contributed by atoms with Gasteiger partial charge in [0.05, 0.1) is 24.2 Å². The number of hydrogen-bond acceptors (Lipinski definition) is 4. The first kappa shape index (κ1) is 14.4. The maximum atomic E-state index is 12.2. The molecule has 0 radical (unpaired) electrons. The Morgan fingerprint density at radius 1 is 1.65 bits per heavy atom. The number of nitrogens with zero attached hydrogens (tertiary/aromatic N) is 1. The van der Waals surface area contributed by atoms with E-state index in [1.807, 2.05) is 20.8 Å². The minimum atomic E-state index is -0.409. The number of carbonyl (C=O) groups is 1. The molecule has 2 unspecified atom stereocenters. The largest absolute Gasteiger partial charge is 0.394 e. The third-order valence-electron chi connectivity index (χ3n) is 3.12. The number of morpholine rings is 1. The average molecular weight is 244 g/mol. The van der Waals surface area contributed by atoms with Crippen molar-refractivity contribution in [3.8, 4) is 0 Å². The number of aliphatic hydroxyl groups is 1. The molecule has 5 nitrogen and oxygen atoms in total. The molecule has 0 aromatic carbocycles. The summed E-state index contributed by atoms with van der Waals surface area (Å²) in [4.78, 5) is 14.0. The number of aliphatic hydroxyl groups excluding tert-OH is 1. The van der Waals surface area contributed by atoms with Crippen molar-refractivity contribution in [2.24, 2.45) is 11.7 Å². The summed E-state index contributed by atoms with van der Waals surface area (Å²) in [6.07, 6.45) is 0.453. The molecular formula is C12H24N2O3. The Kier molecular flexibility index (Phi) is 4.91. The predicted octanol–water partition coefficient (Wildman–Crippen LogP) is -0.0304. The fourth-order valence-corrected chi connectivity index (χ4v) is 2.26. The van der Waals surface area contributed by atoms with Crippen molar-refractivity contribution < 1.29 is 14.6 Å². The van der Waals surface area contributed by atoms with Crippen LogP contribution < -0.4 is 5.73 Å². The molecule has 0 aliphatic carbocycles. The summed E-state index contributed by atoms with van der Waals surface area (Å²) in [7, 11) is 0. The van der Waals surface area contributed by atoms with Crippen LogP contribution in [-0.4, -0.2) is 53.9 Å². The second kappa shape index (κ2) is 5.80. The van der Waals surface area contributed by atoms with Crippen molar-refractivity contribution >= 4 is 5.91 Å². The number of amides is 1. The van der Waals surface area contributed by atoms with E-state index in [9.17, 15) is 9.90 Å². The van der Waals surface area contributed by atoms with Gasteiger partial charge in [0.1, 0.15) is 0 Å². The first-order valence-corrected chi connectivity index (χ1v) is 6.21. The normalized spacial score (nSPS) is 25.7. The van der Waals surface area contributed by atoms with Gasteiger partial charge in [-0.05, 0) is 20.3 Å². The Bertz CT molecular complexity index is 264. The average Bonchev–Trinajstić information content (AvgIpc) is 2.28. The van der Waals surface area contributed by atoms with Gasteiger partial charge in [-0.1, -0.05) is 6.92 Å². The predicted molar refractivity (Wildman–Crippen MR) is 65.5 cm³/mol. The molecule has 17 heavy (non-hydrogen) atoms. The van der Waals surface area contributed by atoms with E-state index in [1.54, 1.807) is 4.90 Å². The highest BCUT2D eigenvalue weighted by molar-refractivity contribution is 5.79. The second-order valence-corrected chi connectivity index (χ2v) is 5.24. The van der Waals surface area contributed by atoms with Crippen molar-refractivity contribution in [2.45, 2.75) is 38.9 Å². The molecule has 0 aromatic heterocycles. The van der Waals surface area contributed by atoms with Gasteiger partial charge < -0.3 is 20.5 Å². The van der Waals surface area contributed by atoms with Crippen molar-refractivity contribution in [3.05, 3.63) is 0 Å². The highest BCUT2D eigenvalue weighted by Gasteiger charge is 2.36. The van der Waals surface area contributed by atoms with Gasteiger partial charge in [0.25, 0.3) is 0 Å². The van der Waals surface area contributed by atoms with Crippen LogP contribution in [0.2, 0.25) is 0 Å². The summed E-state index contributed by atoms with van der Waals surface area (Å²) in [5.74, 6) is -0.0481. The van der Waals surface area contributed by atoms with Crippen LogP contribution in [0.3, 0.4) is 0 Å². The summed E-state index contributed by atoms with van der Waals surface area (Å²) >= 11 is 0. The molecule has 5 heteroatoms. The lowest BCUT2D eigenvalue weighted by Crippen LogP contribution is -2.57. The van der Waals surface area contributed by atoms with E-state index in [0.717, 1.165) is 6.42 Å². The van der Waals surface area contributed by atoms with Gasteiger partial charge in [0.2, 0.25) is 5.91 Å². The molecule has 0 spiro atoms. The minimum Gasteiger partial charge on any atom is -0.394 e. The maximum absolute atomic E-state index is 12.2. The first-order valence-electron chi connectivity index (χ1n) is 6.21. The van der Waals surface area contributed by atoms with E-state index in [1.165, 1.54) is 0 Å². The highest BCUT2D eigenvalue weighted by atomic mass is 16.5. The van der Waals surface area contributed by atoms with Gasteiger partial charge in [-0.15, -0.1) is 0 Å². The van der Waals surface area contributed by atoms with Crippen LogP contribution in [-0.2, 0) is 9.53 Å². The van der Waals surface area contributed by atoms with Crippen molar-refractivity contribution in [2.75, 3.05) is 26.2 Å². The number of rotatable bonds is 4. The summed E-state index contributed by atoms with van der Waals surface area (Å²) < 4.78 is 5.68. The smallest absolute Gasteiger partial charge is 0.227 e. The summed E-state index contributed by atoms with van der Waals surface area (Å²) in [6.45, 7) is 7.14. The van der Waals surface area contributed by atoms with Crippen molar-refractivity contribution in [1.29, 1.82) is 0 Å². The van der Waals surface area contributed by atoms with Crippen LogP contribution in [0.4, 0.5) is 0 Å². The fourth-order valence-electron chi connectivity index (χ4n) is 2.26. The lowest BCUT2D eigenvalue weighted by Gasteiger charge is -2.43. The Balaban J connectivity index is 2.72. The molecule has 1 aliphatic rings. The Morgan fingerprint density at radius 3 is 2.76 bits per heavy atom. The van der Waals surface area contributed by atoms with E-state index >= 15 is 0 Å². The zero-order valence-electron chi connectivity index (χ0n) is 11.0. The summed E-state index contributed by atoms with van der Waals surface area (Å²) in [6, 6.07) is 0. The fraction of sp³-hybridized carbons (Fsp3) is 0.917. The molecule has 0 saturated carbocycles. The summed E-state index contributed by atoms with van der Waals surface area (Å²) in [5.41, 5.74) is 5.19. The lowest BCUT2D eigenvalue weighted by atomic mass is 10.0. The third-order valence-corrected chi connectivity index (χ3v) is 3.12. The SMILES string of the molecule is CCC(CN)C(=O)N1CC(CO)OC(C)(C)C1. The van der Waals surface area contributed by atoms with Crippen LogP contribution in [0, 0.1) is 5.92 Å². The molecular weight excluding hydrogens is 220 g/mol. The highest BCUT2D eigenvalue weighted by Crippen LogP contribution is 2.22. The molecule has 1 rings (SSSR count). The molecule has 1 saturated heterocycles. The van der Waals surface area contributed by atoms with Gasteiger partial charge in [0.15, 0.2) is 0 Å². The van der Waals surface area contributed by atoms with Gasteiger partial charge in [-0.3, -0.25) is 4.79 Å². The molecule has 3 N–H and O–H groups in total. The Labute approximate surface area is 103 Å². The molecule has 1 amide bonds. The lowest BCUT2D eigenvalue weighted by molar-refractivity contribution is -0.169. The van der Waals surface area contributed by atoms with E-state index in [-0.39, 0.29) is 24.5 Å². The molecule has 0 aromatic rings. The molecule has 2 atom stereocenters. The van der Waals surface area contributed by atoms with E-state index in [0.29, 0.717) is 19.6 Å². The van der Waals surface area contributed by atoms with E-state index < -0.39 is 5.60 Å². The zero-order valence-corrected chi connectivity index (χ0v) is 11.0. The first-order chi connectivity index (χ1) is 7.93. The van der Waals surface area contributed by atoms with E-state index in [4.69, 9.17) is 10.5 Å². The van der Waals surface area contributed by atoms with Crippen LogP contribution in [0.1, 0.15) is 27.2 Å². The quantitative estimate of drug-likeness (QED) is 0.728. The number of ether oxygens (including phenoxy) is 1. The van der Waals surface area contributed by atoms with Crippen molar-refractivity contribution in [3.63, 3.8) is 0 Å². The Hall–Kier alpha value is -0.650. The third kappa shape index (κ3) is 3.66. The van der Waals surface area contributed by atoms with Gasteiger partial charge in [-0.25, -0.2) is 0 Å². The van der Waals surface area contributed by atoms with Crippen LogP contribution in [0.5, 0.6) is 0 Å². The molecule has 1 fully saturated rings. The topological polar surface area (TPSA) is 75.8 Å². The second-order valence-electron chi connectivity index (χ2n) is 5.24. The van der Waals surface area contributed by atoms with Gasteiger partial charge in [0, 0.05) is 19.6 Å². The zero-order chi connectivity index (χ0) is 13.1. The molecule has 1 aliphatic heterocycles. The van der Waals surface area contributed by atoms with Gasteiger partial charge >= 0.3 is 0 Å². The monoisotopic (exact) mass is 244 g/mol. The standard InChI is InChI=1S/C12H24N2O3/c1-4-9(5-13)11(16)14-6-10(7-15)17-12(2,3)8-14/h9-10,15H,4-8,13H2,1-3H3. The molecule has 0 bridgehead atoms. The molecule has 100 valence electrons. The minimum absolute atomic E-state index is 0.0629. The van der Waals surface area contributed by atoms with Crippen LogP contribution >= 0.6 is 0 Å². The van der Waals surface area contributed by atoms with Gasteiger partial charge in [-0.2, -0.15) is 0 Å². The summed E-state index contributed by atoms with van der Waals surface area (Å²) in [5, 5.41) is 9.19. The number of carbonyl (C=O) groups excluding carboxylic acids is 1. The van der Waals surface area contributed by atoms with Crippen molar-refractivity contribution in [1.82, 2.24) is 4.90 Å². The Morgan fingerprint density at radius 2 is 2.29 bits per heavy atom. The molecule has 1 heterocycles. The number of hydrogen-bond donors (Lipinski definition) is 2. The van der Waals surface area contributed by atoms with E-state index in [2.05, 4.69) is 0 Å².